The highest BCUT2D eigenvalue weighted by Gasteiger charge is 2.18. The minimum absolute atomic E-state index is 0.418. The van der Waals surface area contributed by atoms with E-state index in [2.05, 4.69) is 15.6 Å². The summed E-state index contributed by atoms with van der Waals surface area (Å²) in [5.74, 6) is -1.01. The summed E-state index contributed by atoms with van der Waals surface area (Å²) in [5.41, 5.74) is 0.881. The van der Waals surface area contributed by atoms with Gasteiger partial charge in [-0.05, 0) is 18.6 Å². The number of nitrogens with one attached hydrogen (secondary N) is 2. The summed E-state index contributed by atoms with van der Waals surface area (Å²) in [6.07, 6.45) is 3.42. The fourth-order valence-electron chi connectivity index (χ4n) is 1.61. The number of urea groups is 1. The maximum absolute atomic E-state index is 11.5. The van der Waals surface area contributed by atoms with E-state index in [-0.39, 0.29) is 0 Å². The molecule has 19 heavy (non-hydrogen) atoms. The van der Waals surface area contributed by atoms with Crippen molar-refractivity contribution in [1.29, 1.82) is 0 Å². The summed E-state index contributed by atoms with van der Waals surface area (Å²) in [6, 6.07) is 4.28. The first-order chi connectivity index (χ1) is 9.13. The van der Waals surface area contributed by atoms with Crippen LogP contribution in [-0.4, -0.2) is 34.7 Å². The van der Waals surface area contributed by atoms with E-state index < -0.39 is 18.0 Å². The quantitative estimate of drug-likeness (QED) is 0.690. The van der Waals surface area contributed by atoms with Gasteiger partial charge in [0.25, 0.3) is 0 Å². The van der Waals surface area contributed by atoms with Crippen LogP contribution in [-0.2, 0) is 11.2 Å². The zero-order chi connectivity index (χ0) is 14.1. The molecule has 0 aromatic carbocycles. The molecule has 1 aromatic heterocycles. The number of hydrogen-bond acceptors (Lipinski definition) is 3. The molecule has 6 heteroatoms. The Morgan fingerprint density at radius 2 is 2.21 bits per heavy atom. The zero-order valence-corrected chi connectivity index (χ0v) is 10.9. The molecule has 1 aromatic rings. The Balaban J connectivity index is 2.29. The van der Waals surface area contributed by atoms with Crippen LogP contribution in [0.4, 0.5) is 4.79 Å². The SMILES string of the molecule is CCC[C@@H](NC(=O)NCCc1ccccn1)C(=O)O. The van der Waals surface area contributed by atoms with Gasteiger partial charge in [-0.25, -0.2) is 9.59 Å². The Labute approximate surface area is 112 Å². The molecule has 2 amide bonds. The number of carbonyl (C=O) groups is 2. The van der Waals surface area contributed by atoms with Gasteiger partial charge in [0.05, 0.1) is 0 Å². The molecule has 0 saturated heterocycles. The average Bonchev–Trinajstić information content (AvgIpc) is 2.39. The number of carboxylic acid groups (broad SMARTS) is 1. The van der Waals surface area contributed by atoms with Crippen LogP contribution in [0.2, 0.25) is 0 Å². The van der Waals surface area contributed by atoms with E-state index in [0.717, 1.165) is 5.69 Å². The molecule has 0 saturated carbocycles. The Hall–Kier alpha value is -2.11. The van der Waals surface area contributed by atoms with Gasteiger partial charge in [0, 0.05) is 24.9 Å². The lowest BCUT2D eigenvalue weighted by Gasteiger charge is -2.14. The third kappa shape index (κ3) is 5.85. The van der Waals surface area contributed by atoms with Crippen molar-refractivity contribution in [3.8, 4) is 0 Å². The molecule has 1 atom stereocenters. The van der Waals surface area contributed by atoms with Crippen molar-refractivity contribution >= 4 is 12.0 Å². The number of rotatable bonds is 7. The van der Waals surface area contributed by atoms with Gasteiger partial charge in [-0.15, -0.1) is 0 Å². The first-order valence-electron chi connectivity index (χ1n) is 6.30. The topological polar surface area (TPSA) is 91.3 Å². The first-order valence-corrected chi connectivity index (χ1v) is 6.30. The van der Waals surface area contributed by atoms with Gasteiger partial charge in [0.2, 0.25) is 0 Å². The van der Waals surface area contributed by atoms with Gasteiger partial charge in [-0.3, -0.25) is 4.98 Å². The molecule has 0 fully saturated rings. The van der Waals surface area contributed by atoms with Crippen molar-refractivity contribution in [2.45, 2.75) is 32.2 Å². The van der Waals surface area contributed by atoms with Crippen molar-refractivity contribution in [3.05, 3.63) is 30.1 Å². The number of hydrogen-bond donors (Lipinski definition) is 3. The average molecular weight is 265 g/mol. The molecule has 0 bridgehead atoms. The number of pyridine rings is 1. The predicted octanol–water partition coefficient (Wildman–Crippen LogP) is 1.18. The lowest BCUT2D eigenvalue weighted by molar-refractivity contribution is -0.139. The van der Waals surface area contributed by atoms with Crippen molar-refractivity contribution in [2.24, 2.45) is 0 Å². The smallest absolute Gasteiger partial charge is 0.326 e. The summed E-state index contributed by atoms with van der Waals surface area (Å²) in [5, 5.41) is 14.0. The van der Waals surface area contributed by atoms with Gasteiger partial charge in [0.15, 0.2) is 0 Å². The van der Waals surface area contributed by atoms with E-state index in [4.69, 9.17) is 5.11 Å². The number of aliphatic carboxylic acids is 1. The fourth-order valence-corrected chi connectivity index (χ4v) is 1.61. The second-order valence-corrected chi connectivity index (χ2v) is 4.15. The minimum Gasteiger partial charge on any atom is -0.480 e. The summed E-state index contributed by atoms with van der Waals surface area (Å²) in [7, 11) is 0. The summed E-state index contributed by atoms with van der Waals surface area (Å²) in [6.45, 7) is 2.29. The number of aromatic nitrogens is 1. The van der Waals surface area contributed by atoms with E-state index in [1.165, 1.54) is 0 Å². The molecule has 0 radical (unpaired) electrons. The van der Waals surface area contributed by atoms with Gasteiger partial charge in [-0.2, -0.15) is 0 Å². The molecule has 6 nitrogen and oxygen atoms in total. The van der Waals surface area contributed by atoms with E-state index in [0.29, 0.717) is 25.8 Å². The van der Waals surface area contributed by atoms with Crippen molar-refractivity contribution in [2.75, 3.05) is 6.54 Å². The monoisotopic (exact) mass is 265 g/mol. The summed E-state index contributed by atoms with van der Waals surface area (Å²) >= 11 is 0. The molecule has 1 rings (SSSR count). The maximum Gasteiger partial charge on any atom is 0.326 e. The van der Waals surface area contributed by atoms with Crippen molar-refractivity contribution < 1.29 is 14.7 Å². The molecule has 0 spiro atoms. The summed E-state index contributed by atoms with van der Waals surface area (Å²) < 4.78 is 0. The molecular weight excluding hydrogens is 246 g/mol. The second kappa shape index (κ2) is 8.07. The molecule has 0 aliphatic heterocycles. The van der Waals surface area contributed by atoms with E-state index in [9.17, 15) is 9.59 Å². The molecule has 0 aliphatic rings. The molecular formula is C13H19N3O3. The molecule has 0 aliphatic carbocycles. The Morgan fingerprint density at radius 3 is 2.79 bits per heavy atom. The van der Waals surface area contributed by atoms with Crippen molar-refractivity contribution in [1.82, 2.24) is 15.6 Å². The normalized spacial score (nSPS) is 11.6. The van der Waals surface area contributed by atoms with Crippen LogP contribution in [0.15, 0.2) is 24.4 Å². The van der Waals surface area contributed by atoms with Gasteiger partial charge in [0.1, 0.15) is 6.04 Å². The third-order valence-electron chi connectivity index (χ3n) is 2.57. The van der Waals surface area contributed by atoms with Crippen LogP contribution < -0.4 is 10.6 Å². The Morgan fingerprint density at radius 1 is 1.42 bits per heavy atom. The largest absolute Gasteiger partial charge is 0.480 e. The zero-order valence-electron chi connectivity index (χ0n) is 10.9. The van der Waals surface area contributed by atoms with E-state index >= 15 is 0 Å². The number of amides is 2. The third-order valence-corrected chi connectivity index (χ3v) is 2.57. The Kier molecular flexibility index (Phi) is 6.35. The molecule has 1 heterocycles. The number of carbonyl (C=O) groups excluding carboxylic acids is 1. The highest BCUT2D eigenvalue weighted by Crippen LogP contribution is 1.97. The lowest BCUT2D eigenvalue weighted by Crippen LogP contribution is -2.46. The second-order valence-electron chi connectivity index (χ2n) is 4.15. The standard InChI is InChI=1S/C13H19N3O3/c1-2-5-11(12(17)18)16-13(19)15-9-7-10-6-3-4-8-14-10/h3-4,6,8,11H,2,5,7,9H2,1H3,(H,17,18)(H2,15,16,19)/t11-/m1/s1. The van der Waals surface area contributed by atoms with Crippen LogP contribution in [0, 0.1) is 0 Å². The number of carboxylic acids is 1. The van der Waals surface area contributed by atoms with Gasteiger partial charge in [-0.1, -0.05) is 19.4 Å². The van der Waals surface area contributed by atoms with Crippen LogP contribution in [0.3, 0.4) is 0 Å². The van der Waals surface area contributed by atoms with Gasteiger partial charge >= 0.3 is 12.0 Å². The number of nitrogens with zero attached hydrogens (tertiary/aromatic N) is 1. The van der Waals surface area contributed by atoms with Crippen LogP contribution >= 0.6 is 0 Å². The highest BCUT2D eigenvalue weighted by molar-refractivity contribution is 5.82. The van der Waals surface area contributed by atoms with E-state index in [1.54, 1.807) is 6.20 Å². The first kappa shape index (κ1) is 14.9. The van der Waals surface area contributed by atoms with Gasteiger partial charge < -0.3 is 15.7 Å². The lowest BCUT2D eigenvalue weighted by atomic mass is 10.2. The van der Waals surface area contributed by atoms with E-state index in [1.807, 2.05) is 25.1 Å². The molecule has 0 unspecified atom stereocenters. The summed E-state index contributed by atoms with van der Waals surface area (Å²) in [4.78, 5) is 26.5. The Bertz CT molecular complexity index is 409. The van der Waals surface area contributed by atoms with Crippen molar-refractivity contribution in [3.63, 3.8) is 0 Å². The fraction of sp³-hybridized carbons (Fsp3) is 0.462. The maximum atomic E-state index is 11.5. The predicted molar refractivity (Wildman–Crippen MR) is 70.8 cm³/mol. The van der Waals surface area contributed by atoms with Crippen LogP contribution in [0.1, 0.15) is 25.5 Å². The van der Waals surface area contributed by atoms with Crippen LogP contribution in [0.5, 0.6) is 0 Å². The molecule has 104 valence electrons. The highest BCUT2D eigenvalue weighted by atomic mass is 16.4. The minimum atomic E-state index is -1.01. The molecule has 3 N–H and O–H groups in total. The van der Waals surface area contributed by atoms with Crippen LogP contribution in [0.25, 0.3) is 0 Å².